The van der Waals surface area contributed by atoms with E-state index in [-0.39, 0.29) is 24.5 Å². The molecule has 15 nitrogen and oxygen atoms in total. The van der Waals surface area contributed by atoms with E-state index in [4.69, 9.17) is 26.2 Å². The molecule has 0 aliphatic rings. The van der Waals surface area contributed by atoms with Crippen LogP contribution in [-0.4, -0.2) is 67.5 Å². The van der Waals surface area contributed by atoms with E-state index in [1.807, 2.05) is 8.17 Å². The van der Waals surface area contributed by atoms with Crippen molar-refractivity contribution in [3.05, 3.63) is 107 Å². The van der Waals surface area contributed by atoms with E-state index in [9.17, 15) is 34.2 Å². The lowest BCUT2D eigenvalue weighted by atomic mass is 10.2. The van der Waals surface area contributed by atoms with Crippen molar-refractivity contribution >= 4 is 85.6 Å². The van der Waals surface area contributed by atoms with Crippen molar-refractivity contribution in [2.75, 3.05) is 29.5 Å². The van der Waals surface area contributed by atoms with Crippen LogP contribution in [0.4, 0.5) is 32.8 Å². The molecule has 0 saturated heterocycles. The SMILES string of the molecule is I/C=C/I.Nc1ccc(NCC(O)C(=O)O)cc1.O=C(O)C(O)CNc1ccc([N+](=O)[O-])cc1.O=[N+]([O-])c1ccc(F)cc1. The Bertz CT molecular complexity index is 1340. The average molecular weight is 843 g/mol. The summed E-state index contributed by atoms with van der Waals surface area (Å²) >= 11 is 4.33. The van der Waals surface area contributed by atoms with Crippen molar-refractivity contribution in [3.8, 4) is 0 Å². The quantitative estimate of drug-likeness (QED) is 0.0637. The van der Waals surface area contributed by atoms with Crippen LogP contribution in [0.5, 0.6) is 0 Å². The van der Waals surface area contributed by atoms with Gasteiger partial charge in [-0.1, -0.05) is 45.2 Å². The maximum absolute atomic E-state index is 12.1. The van der Waals surface area contributed by atoms with Gasteiger partial charge in [0, 0.05) is 41.3 Å². The zero-order chi connectivity index (χ0) is 33.7. The lowest BCUT2D eigenvalue weighted by molar-refractivity contribution is -0.385. The molecule has 0 aromatic heterocycles. The molecule has 3 aromatic carbocycles. The Labute approximate surface area is 277 Å². The van der Waals surface area contributed by atoms with Gasteiger partial charge in [-0.15, -0.1) is 0 Å². The summed E-state index contributed by atoms with van der Waals surface area (Å²) in [6.45, 7) is -0.188. The fraction of sp³-hybridized carbons (Fsp3) is 0.154. The fourth-order valence-corrected chi connectivity index (χ4v) is 2.47. The van der Waals surface area contributed by atoms with Crippen LogP contribution in [0.3, 0.4) is 0 Å². The summed E-state index contributed by atoms with van der Waals surface area (Å²) in [5.41, 5.74) is 7.17. The van der Waals surface area contributed by atoms with Gasteiger partial charge >= 0.3 is 11.9 Å². The monoisotopic (exact) mass is 843 g/mol. The molecule has 18 heteroatoms. The first-order valence-corrected chi connectivity index (χ1v) is 14.4. The van der Waals surface area contributed by atoms with Gasteiger partial charge in [-0.05, 0) is 56.7 Å². The summed E-state index contributed by atoms with van der Waals surface area (Å²) in [7, 11) is 0. The Balaban J connectivity index is 0.000000605. The predicted octanol–water partition coefficient (Wildman–Crippen LogP) is 4.64. The van der Waals surface area contributed by atoms with Crippen LogP contribution in [-0.2, 0) is 9.59 Å². The zero-order valence-electron chi connectivity index (χ0n) is 22.5. The molecular weight excluding hydrogens is 815 g/mol. The molecule has 0 spiro atoms. The van der Waals surface area contributed by atoms with Crippen molar-refractivity contribution in [2.24, 2.45) is 0 Å². The number of nitrogen functional groups attached to an aromatic ring is 1. The topological polar surface area (TPSA) is 251 Å². The van der Waals surface area contributed by atoms with Crippen LogP contribution in [0.25, 0.3) is 0 Å². The molecule has 0 saturated carbocycles. The van der Waals surface area contributed by atoms with E-state index < -0.39 is 39.8 Å². The first kappa shape index (κ1) is 39.8. The number of non-ortho nitro benzene ring substituents is 2. The molecule has 2 unspecified atom stereocenters. The molecule has 0 aliphatic heterocycles. The van der Waals surface area contributed by atoms with E-state index in [1.165, 1.54) is 24.3 Å². The second-order valence-electron chi connectivity index (χ2n) is 7.88. The van der Waals surface area contributed by atoms with Gasteiger partial charge in [0.25, 0.3) is 11.4 Å². The standard InChI is InChI=1S/C9H10N2O5.C9H12N2O3.C6H4FNO2.C2H2I2/c12-8(9(13)14)5-10-6-1-3-7(4-2-6)11(15)16;10-6-1-3-7(4-2-6)11-5-8(12)9(13)14;7-5-1-3-6(4-2-5)8(9)10;3-1-2-4/h1-4,8,10,12H,5H2,(H,13,14);1-4,8,11-12H,5,10H2,(H,13,14);1-4H;1-2H/b;;;2-1+. The van der Waals surface area contributed by atoms with Crippen LogP contribution in [0.15, 0.2) is 81.0 Å². The number of carboxylic acids is 2. The molecule has 2 atom stereocenters. The van der Waals surface area contributed by atoms with E-state index in [1.54, 1.807) is 24.3 Å². The van der Waals surface area contributed by atoms with Gasteiger partial charge in [-0.25, -0.2) is 14.0 Å². The highest BCUT2D eigenvalue weighted by Crippen LogP contribution is 2.15. The van der Waals surface area contributed by atoms with Gasteiger partial charge in [0.2, 0.25) is 0 Å². The van der Waals surface area contributed by atoms with Crippen molar-refractivity contribution < 1.29 is 44.3 Å². The van der Waals surface area contributed by atoms with Crippen molar-refractivity contribution in [1.29, 1.82) is 0 Å². The number of rotatable bonds is 10. The number of hydrogen-bond acceptors (Lipinski definition) is 11. The van der Waals surface area contributed by atoms with Gasteiger partial charge in [0.1, 0.15) is 5.82 Å². The number of nitrogens with one attached hydrogen (secondary N) is 2. The number of carbonyl (C=O) groups is 2. The number of carboxylic acid groups (broad SMARTS) is 2. The Morgan fingerprint density at radius 3 is 1.36 bits per heavy atom. The second-order valence-corrected chi connectivity index (χ2v) is 9.32. The van der Waals surface area contributed by atoms with Gasteiger partial charge < -0.3 is 36.8 Å². The molecule has 0 radical (unpaired) electrons. The molecule has 44 heavy (non-hydrogen) atoms. The predicted molar refractivity (Wildman–Crippen MR) is 178 cm³/mol. The molecule has 3 rings (SSSR count). The van der Waals surface area contributed by atoms with Crippen LogP contribution in [0.1, 0.15) is 0 Å². The molecule has 0 fully saturated rings. The number of nitro groups is 2. The highest BCUT2D eigenvalue weighted by molar-refractivity contribution is 14.1. The number of aliphatic hydroxyl groups excluding tert-OH is 2. The summed E-state index contributed by atoms with van der Waals surface area (Å²) in [6, 6.07) is 16.6. The summed E-state index contributed by atoms with van der Waals surface area (Å²) in [5.74, 6) is -3.03. The minimum absolute atomic E-state index is 0.0285. The van der Waals surface area contributed by atoms with Crippen molar-refractivity contribution in [1.82, 2.24) is 0 Å². The maximum atomic E-state index is 12.1. The van der Waals surface area contributed by atoms with Crippen LogP contribution in [0.2, 0.25) is 0 Å². The number of anilines is 3. The van der Waals surface area contributed by atoms with E-state index in [2.05, 4.69) is 55.8 Å². The number of nitrogens with two attached hydrogens (primary N) is 1. The Morgan fingerprint density at radius 2 is 1.07 bits per heavy atom. The Hall–Kier alpha value is -4.15. The van der Waals surface area contributed by atoms with Gasteiger partial charge in [-0.3, -0.25) is 20.2 Å². The molecule has 0 amide bonds. The molecule has 0 aliphatic carbocycles. The number of halogens is 3. The molecule has 8 N–H and O–H groups in total. The van der Waals surface area contributed by atoms with Crippen LogP contribution in [0, 0.1) is 26.0 Å². The first-order valence-electron chi connectivity index (χ1n) is 11.9. The third-order valence-electron chi connectivity index (χ3n) is 4.64. The minimum atomic E-state index is -1.50. The summed E-state index contributed by atoms with van der Waals surface area (Å²) in [5, 5.41) is 60.4. The van der Waals surface area contributed by atoms with Gasteiger partial charge in [0.15, 0.2) is 12.2 Å². The lowest BCUT2D eigenvalue weighted by Gasteiger charge is -2.08. The normalized spacial score (nSPS) is 11.1. The number of hydrogen-bond donors (Lipinski definition) is 7. The number of nitro benzene ring substituents is 2. The largest absolute Gasteiger partial charge is 0.479 e. The lowest BCUT2D eigenvalue weighted by Crippen LogP contribution is -2.28. The van der Waals surface area contributed by atoms with E-state index in [0.717, 1.165) is 30.0 Å². The summed E-state index contributed by atoms with van der Waals surface area (Å²) in [6.07, 6.45) is -2.90. The van der Waals surface area contributed by atoms with Crippen LogP contribution >= 0.6 is 45.2 Å². The minimum Gasteiger partial charge on any atom is -0.479 e. The van der Waals surface area contributed by atoms with E-state index in [0.29, 0.717) is 11.4 Å². The number of aliphatic carboxylic acids is 2. The Kier molecular flexibility index (Phi) is 20.3. The van der Waals surface area contributed by atoms with Crippen molar-refractivity contribution in [3.63, 3.8) is 0 Å². The maximum Gasteiger partial charge on any atom is 0.334 e. The molecule has 3 aromatic rings. The molecule has 0 heterocycles. The van der Waals surface area contributed by atoms with Crippen molar-refractivity contribution in [2.45, 2.75) is 12.2 Å². The zero-order valence-corrected chi connectivity index (χ0v) is 26.8. The molecule has 0 bridgehead atoms. The number of aliphatic hydroxyl groups is 2. The van der Waals surface area contributed by atoms with Crippen LogP contribution < -0.4 is 16.4 Å². The third-order valence-corrected chi connectivity index (χ3v) is 6.74. The summed E-state index contributed by atoms with van der Waals surface area (Å²) in [4.78, 5) is 39.8. The molecular formula is C26H28FI2N5O10. The highest BCUT2D eigenvalue weighted by atomic mass is 127. The Morgan fingerprint density at radius 1 is 0.750 bits per heavy atom. The van der Waals surface area contributed by atoms with Gasteiger partial charge in [-0.2, -0.15) is 0 Å². The smallest absolute Gasteiger partial charge is 0.334 e. The second kappa shape index (κ2) is 22.4. The first-order chi connectivity index (χ1) is 20.7. The summed E-state index contributed by atoms with van der Waals surface area (Å²) < 4.78 is 16.0. The molecule has 238 valence electrons. The third kappa shape index (κ3) is 18.4. The number of benzene rings is 3. The fourth-order valence-electron chi connectivity index (χ4n) is 2.47. The average Bonchev–Trinajstić information content (AvgIpc) is 3.00. The van der Waals surface area contributed by atoms with E-state index >= 15 is 0 Å². The number of nitrogens with zero attached hydrogens (tertiary/aromatic N) is 2. The highest BCUT2D eigenvalue weighted by Gasteiger charge is 2.13. The van der Waals surface area contributed by atoms with Gasteiger partial charge in [0.05, 0.1) is 22.9 Å².